The third-order valence-corrected chi connectivity index (χ3v) is 5.74. The van der Waals surface area contributed by atoms with Crippen LogP contribution in [0.3, 0.4) is 0 Å². The van der Waals surface area contributed by atoms with E-state index in [0.29, 0.717) is 11.4 Å². The largest absolute Gasteiger partial charge is 0.383 e. The zero-order valence-electron chi connectivity index (χ0n) is 12.4. The minimum absolute atomic E-state index is 0.00482. The number of H-pyrrole nitrogens is 1. The first-order valence-electron chi connectivity index (χ1n) is 7.45. The SMILES string of the molecule is CCC(COC)n1c(=S)[nH]c2sc3c(c2c1=O)CCCC3. The van der Waals surface area contributed by atoms with Crippen LogP contribution in [0.1, 0.15) is 42.7 Å². The van der Waals surface area contributed by atoms with E-state index in [1.54, 1.807) is 23.0 Å². The molecule has 0 radical (unpaired) electrons. The first-order valence-corrected chi connectivity index (χ1v) is 8.67. The number of nitrogens with zero attached hydrogens (tertiary/aromatic N) is 1. The maximum absolute atomic E-state index is 13.0. The van der Waals surface area contributed by atoms with Crippen LogP contribution in [-0.2, 0) is 17.6 Å². The molecule has 1 unspecified atom stereocenters. The molecule has 2 aromatic rings. The molecule has 1 aliphatic carbocycles. The molecule has 0 saturated heterocycles. The molecule has 0 aromatic carbocycles. The molecule has 0 spiro atoms. The molecule has 3 rings (SSSR count). The molecule has 2 aromatic heterocycles. The third-order valence-electron chi connectivity index (χ3n) is 4.24. The fourth-order valence-corrected chi connectivity index (χ4v) is 4.83. The van der Waals surface area contributed by atoms with Gasteiger partial charge in [-0.25, -0.2) is 0 Å². The molecule has 1 atom stereocenters. The minimum Gasteiger partial charge on any atom is -0.383 e. The van der Waals surface area contributed by atoms with Crippen molar-refractivity contribution in [3.05, 3.63) is 25.6 Å². The zero-order valence-corrected chi connectivity index (χ0v) is 14.0. The summed E-state index contributed by atoms with van der Waals surface area (Å²) in [5.74, 6) is 0. The predicted molar refractivity (Wildman–Crippen MR) is 89.1 cm³/mol. The second-order valence-corrected chi connectivity index (χ2v) is 7.03. The van der Waals surface area contributed by atoms with Gasteiger partial charge >= 0.3 is 0 Å². The van der Waals surface area contributed by atoms with Crippen molar-refractivity contribution in [1.82, 2.24) is 9.55 Å². The second-order valence-electron chi connectivity index (χ2n) is 5.54. The van der Waals surface area contributed by atoms with Gasteiger partial charge in [0, 0.05) is 12.0 Å². The van der Waals surface area contributed by atoms with Crippen molar-refractivity contribution >= 4 is 33.8 Å². The summed E-state index contributed by atoms with van der Waals surface area (Å²) in [5.41, 5.74) is 1.30. The number of methoxy groups -OCH3 is 1. The van der Waals surface area contributed by atoms with Crippen LogP contribution in [0.5, 0.6) is 0 Å². The van der Waals surface area contributed by atoms with Gasteiger partial charge in [-0.1, -0.05) is 6.92 Å². The monoisotopic (exact) mass is 324 g/mol. The fraction of sp³-hybridized carbons (Fsp3) is 0.600. The second kappa shape index (κ2) is 6.02. The van der Waals surface area contributed by atoms with Crippen molar-refractivity contribution in [2.24, 2.45) is 0 Å². The van der Waals surface area contributed by atoms with Crippen LogP contribution in [0.4, 0.5) is 0 Å². The average Bonchev–Trinajstić information content (AvgIpc) is 2.84. The van der Waals surface area contributed by atoms with E-state index in [2.05, 4.69) is 11.9 Å². The summed E-state index contributed by atoms with van der Waals surface area (Å²) >= 11 is 7.13. The molecule has 4 nitrogen and oxygen atoms in total. The topological polar surface area (TPSA) is 47.0 Å². The molecule has 2 heterocycles. The molecule has 0 saturated carbocycles. The van der Waals surface area contributed by atoms with Gasteiger partial charge < -0.3 is 9.72 Å². The highest BCUT2D eigenvalue weighted by atomic mass is 32.1. The summed E-state index contributed by atoms with van der Waals surface area (Å²) in [4.78, 5) is 18.6. The van der Waals surface area contributed by atoms with Crippen LogP contribution < -0.4 is 5.56 Å². The van der Waals surface area contributed by atoms with Crippen LogP contribution in [0.25, 0.3) is 10.2 Å². The standard InChI is InChI=1S/C15H20N2O2S2/c1-3-9(8-19-2)17-14(18)12-10-6-4-5-7-11(10)21-13(12)16-15(17)20/h9H,3-8H2,1-2H3,(H,16,20). The zero-order chi connectivity index (χ0) is 15.0. The maximum atomic E-state index is 13.0. The van der Waals surface area contributed by atoms with E-state index in [1.807, 2.05) is 0 Å². The minimum atomic E-state index is -0.00482. The maximum Gasteiger partial charge on any atom is 0.263 e. The van der Waals surface area contributed by atoms with Gasteiger partial charge in [0.25, 0.3) is 5.56 Å². The molecule has 0 bridgehead atoms. The van der Waals surface area contributed by atoms with Crippen molar-refractivity contribution in [2.45, 2.75) is 45.1 Å². The Bertz CT molecular complexity index is 772. The molecular weight excluding hydrogens is 304 g/mol. The molecule has 21 heavy (non-hydrogen) atoms. The van der Waals surface area contributed by atoms with Gasteiger partial charge in [-0.05, 0) is 49.9 Å². The summed E-state index contributed by atoms with van der Waals surface area (Å²) in [6.07, 6.45) is 5.31. The van der Waals surface area contributed by atoms with Gasteiger partial charge in [0.2, 0.25) is 0 Å². The lowest BCUT2D eigenvalue weighted by Crippen LogP contribution is -2.29. The summed E-state index contributed by atoms with van der Waals surface area (Å²) < 4.78 is 7.47. The first-order chi connectivity index (χ1) is 10.2. The van der Waals surface area contributed by atoms with E-state index >= 15 is 0 Å². The number of fused-ring (bicyclic) bond motifs is 3. The van der Waals surface area contributed by atoms with Crippen LogP contribution in [0.15, 0.2) is 4.79 Å². The number of hydrogen-bond acceptors (Lipinski definition) is 4. The Labute approximate surface area is 132 Å². The van der Waals surface area contributed by atoms with Crippen LogP contribution in [0, 0.1) is 4.77 Å². The molecule has 114 valence electrons. The lowest BCUT2D eigenvalue weighted by molar-refractivity contribution is 0.150. The third kappa shape index (κ3) is 2.49. The lowest BCUT2D eigenvalue weighted by Gasteiger charge is -2.17. The van der Waals surface area contributed by atoms with E-state index in [1.165, 1.54) is 23.3 Å². The highest BCUT2D eigenvalue weighted by Gasteiger charge is 2.22. The van der Waals surface area contributed by atoms with Crippen LogP contribution in [0.2, 0.25) is 0 Å². The molecule has 1 N–H and O–H groups in total. The summed E-state index contributed by atoms with van der Waals surface area (Å²) in [5, 5.41) is 0.859. The lowest BCUT2D eigenvalue weighted by atomic mass is 9.97. The van der Waals surface area contributed by atoms with E-state index in [0.717, 1.165) is 29.5 Å². The van der Waals surface area contributed by atoms with Crippen molar-refractivity contribution in [2.75, 3.05) is 13.7 Å². The Morgan fingerprint density at radius 1 is 1.43 bits per heavy atom. The van der Waals surface area contributed by atoms with E-state index in [-0.39, 0.29) is 11.6 Å². The normalized spacial score (nSPS) is 16.1. The average molecular weight is 324 g/mol. The molecule has 0 aliphatic heterocycles. The molecule has 0 fully saturated rings. The summed E-state index contributed by atoms with van der Waals surface area (Å²) in [6, 6.07) is -0.00482. The van der Waals surface area contributed by atoms with Crippen molar-refractivity contribution in [3.8, 4) is 0 Å². The number of rotatable bonds is 4. The first kappa shape index (κ1) is 14.9. The van der Waals surface area contributed by atoms with Gasteiger partial charge in [-0.3, -0.25) is 9.36 Å². The summed E-state index contributed by atoms with van der Waals surface area (Å²) in [6.45, 7) is 2.56. The Balaban J connectivity index is 2.27. The van der Waals surface area contributed by atoms with Crippen molar-refractivity contribution in [1.29, 1.82) is 0 Å². The number of ether oxygens (including phenoxy) is 1. The molecule has 1 aliphatic rings. The van der Waals surface area contributed by atoms with E-state index < -0.39 is 0 Å². The molecule has 6 heteroatoms. The Morgan fingerprint density at radius 2 is 2.19 bits per heavy atom. The van der Waals surface area contributed by atoms with Gasteiger partial charge in [-0.15, -0.1) is 11.3 Å². The summed E-state index contributed by atoms with van der Waals surface area (Å²) in [7, 11) is 1.66. The highest BCUT2D eigenvalue weighted by Crippen LogP contribution is 2.33. The Morgan fingerprint density at radius 3 is 2.90 bits per heavy atom. The number of hydrogen-bond donors (Lipinski definition) is 1. The Hall–Kier alpha value is -0.980. The van der Waals surface area contributed by atoms with Gasteiger partial charge in [0.1, 0.15) is 4.83 Å². The fourth-order valence-electron chi connectivity index (χ4n) is 3.15. The van der Waals surface area contributed by atoms with Gasteiger partial charge in [-0.2, -0.15) is 0 Å². The van der Waals surface area contributed by atoms with Crippen molar-refractivity contribution in [3.63, 3.8) is 0 Å². The Kier molecular flexibility index (Phi) is 4.28. The van der Waals surface area contributed by atoms with Gasteiger partial charge in [0.05, 0.1) is 18.0 Å². The predicted octanol–water partition coefficient (Wildman–Crippen LogP) is 3.60. The quantitative estimate of drug-likeness (QED) is 0.874. The molecule has 0 amide bonds. The number of thiophene rings is 1. The van der Waals surface area contributed by atoms with E-state index in [9.17, 15) is 4.79 Å². The smallest absolute Gasteiger partial charge is 0.263 e. The number of aryl methyl sites for hydroxylation is 2. The van der Waals surface area contributed by atoms with Crippen LogP contribution >= 0.6 is 23.6 Å². The van der Waals surface area contributed by atoms with Gasteiger partial charge in [0.15, 0.2) is 4.77 Å². The van der Waals surface area contributed by atoms with E-state index in [4.69, 9.17) is 17.0 Å². The highest BCUT2D eigenvalue weighted by molar-refractivity contribution is 7.71. The number of aromatic nitrogens is 2. The van der Waals surface area contributed by atoms with Crippen LogP contribution in [-0.4, -0.2) is 23.3 Å². The molecular formula is C15H20N2O2S2. The number of aromatic amines is 1. The number of nitrogens with one attached hydrogen (secondary N) is 1. The van der Waals surface area contributed by atoms with Crippen molar-refractivity contribution < 1.29 is 4.74 Å².